The molecule has 0 bridgehead atoms. The van der Waals surface area contributed by atoms with Gasteiger partial charge in [0, 0.05) is 5.69 Å². The summed E-state index contributed by atoms with van der Waals surface area (Å²) in [6.45, 7) is 3.95. The SMILES string of the molecule is C=C1Nc2ccccc2C(=O)N1c1cccc(NC(=O)Cc2ccc(F)cc2)c1. The van der Waals surface area contributed by atoms with Crippen LogP contribution in [0.5, 0.6) is 0 Å². The quantitative estimate of drug-likeness (QED) is 0.690. The van der Waals surface area contributed by atoms with E-state index in [9.17, 15) is 14.0 Å². The molecule has 0 aliphatic carbocycles. The summed E-state index contributed by atoms with van der Waals surface area (Å²) in [7, 11) is 0. The molecule has 2 N–H and O–H groups in total. The Morgan fingerprint density at radius 1 is 1.03 bits per heavy atom. The molecule has 4 rings (SSSR count). The number of fused-ring (bicyclic) bond motifs is 1. The Kier molecular flexibility index (Phi) is 4.83. The Hall–Kier alpha value is -3.93. The summed E-state index contributed by atoms with van der Waals surface area (Å²) >= 11 is 0. The van der Waals surface area contributed by atoms with Gasteiger partial charge in [0.1, 0.15) is 11.6 Å². The number of anilines is 3. The highest BCUT2D eigenvalue weighted by atomic mass is 19.1. The van der Waals surface area contributed by atoms with E-state index < -0.39 is 0 Å². The van der Waals surface area contributed by atoms with Crippen molar-refractivity contribution in [1.82, 2.24) is 0 Å². The number of carbonyl (C=O) groups excluding carboxylic acids is 2. The second-order valence-electron chi connectivity index (χ2n) is 6.66. The molecule has 3 aromatic carbocycles. The van der Waals surface area contributed by atoms with Crippen LogP contribution in [0.1, 0.15) is 15.9 Å². The van der Waals surface area contributed by atoms with E-state index in [1.54, 1.807) is 48.5 Å². The van der Waals surface area contributed by atoms with Crippen LogP contribution in [0.15, 0.2) is 85.2 Å². The first-order chi connectivity index (χ1) is 14.0. The lowest BCUT2D eigenvalue weighted by atomic mass is 10.1. The van der Waals surface area contributed by atoms with Gasteiger partial charge < -0.3 is 10.6 Å². The monoisotopic (exact) mass is 387 g/mol. The van der Waals surface area contributed by atoms with Gasteiger partial charge in [0.05, 0.1) is 23.4 Å². The number of hydrogen-bond donors (Lipinski definition) is 2. The Bertz CT molecular complexity index is 1110. The molecule has 29 heavy (non-hydrogen) atoms. The summed E-state index contributed by atoms with van der Waals surface area (Å²) in [4.78, 5) is 26.7. The van der Waals surface area contributed by atoms with Crippen LogP contribution in [-0.4, -0.2) is 11.8 Å². The van der Waals surface area contributed by atoms with Crippen LogP contribution < -0.4 is 15.5 Å². The van der Waals surface area contributed by atoms with Crippen molar-refractivity contribution in [2.24, 2.45) is 0 Å². The number of nitrogens with zero attached hydrogens (tertiary/aromatic N) is 1. The molecule has 0 saturated heterocycles. The minimum atomic E-state index is -0.344. The van der Waals surface area contributed by atoms with Crippen molar-refractivity contribution >= 4 is 28.9 Å². The number of amides is 2. The molecule has 1 heterocycles. The van der Waals surface area contributed by atoms with Crippen molar-refractivity contribution in [3.8, 4) is 0 Å². The molecule has 0 atom stereocenters. The molecule has 0 spiro atoms. The third-order valence-electron chi connectivity index (χ3n) is 4.58. The van der Waals surface area contributed by atoms with E-state index in [1.165, 1.54) is 17.0 Å². The predicted molar refractivity (Wildman–Crippen MR) is 111 cm³/mol. The highest BCUT2D eigenvalue weighted by molar-refractivity contribution is 6.14. The largest absolute Gasteiger partial charge is 0.341 e. The van der Waals surface area contributed by atoms with Crippen LogP contribution in [0, 0.1) is 5.82 Å². The minimum absolute atomic E-state index is 0.120. The molecule has 1 aliphatic rings. The summed E-state index contributed by atoms with van der Waals surface area (Å²) < 4.78 is 13.0. The lowest BCUT2D eigenvalue weighted by Gasteiger charge is -2.31. The van der Waals surface area contributed by atoms with Crippen LogP contribution >= 0.6 is 0 Å². The van der Waals surface area contributed by atoms with Crippen LogP contribution in [0.25, 0.3) is 0 Å². The third kappa shape index (κ3) is 3.87. The van der Waals surface area contributed by atoms with Gasteiger partial charge in [-0.15, -0.1) is 0 Å². The Balaban J connectivity index is 1.53. The maximum atomic E-state index is 13.0. The predicted octanol–water partition coefficient (Wildman–Crippen LogP) is 4.55. The van der Waals surface area contributed by atoms with E-state index in [1.807, 2.05) is 12.1 Å². The van der Waals surface area contributed by atoms with Gasteiger partial charge in [-0.25, -0.2) is 4.39 Å². The van der Waals surface area contributed by atoms with Gasteiger partial charge in [-0.05, 0) is 48.0 Å². The first kappa shape index (κ1) is 18.4. The lowest BCUT2D eigenvalue weighted by molar-refractivity contribution is -0.115. The number of rotatable bonds is 4. The Labute approximate surface area is 167 Å². The molecule has 0 aromatic heterocycles. The fourth-order valence-electron chi connectivity index (χ4n) is 3.22. The fourth-order valence-corrected chi connectivity index (χ4v) is 3.22. The topological polar surface area (TPSA) is 61.4 Å². The first-order valence-electron chi connectivity index (χ1n) is 9.05. The molecular formula is C23H18FN3O2. The molecular weight excluding hydrogens is 369 g/mol. The van der Waals surface area contributed by atoms with Crippen LogP contribution in [0.4, 0.5) is 21.5 Å². The van der Waals surface area contributed by atoms with Gasteiger partial charge in [-0.1, -0.05) is 36.9 Å². The Morgan fingerprint density at radius 2 is 1.79 bits per heavy atom. The maximum Gasteiger partial charge on any atom is 0.266 e. The van der Waals surface area contributed by atoms with E-state index in [2.05, 4.69) is 17.2 Å². The molecule has 0 unspecified atom stereocenters. The molecule has 0 radical (unpaired) electrons. The van der Waals surface area contributed by atoms with Gasteiger partial charge in [0.25, 0.3) is 5.91 Å². The number of halogens is 1. The van der Waals surface area contributed by atoms with Crippen LogP contribution in [0.2, 0.25) is 0 Å². The number of para-hydroxylation sites is 1. The zero-order chi connectivity index (χ0) is 20.4. The van der Waals surface area contributed by atoms with Gasteiger partial charge >= 0.3 is 0 Å². The number of carbonyl (C=O) groups is 2. The fraction of sp³-hybridized carbons (Fsp3) is 0.0435. The van der Waals surface area contributed by atoms with E-state index >= 15 is 0 Å². The normalized spacial score (nSPS) is 12.9. The van der Waals surface area contributed by atoms with Crippen molar-refractivity contribution in [3.05, 3.63) is 102 Å². The molecule has 1 aliphatic heterocycles. The summed E-state index contributed by atoms with van der Waals surface area (Å²) in [5, 5.41) is 5.94. The molecule has 6 heteroatoms. The van der Waals surface area contributed by atoms with E-state index in [0.29, 0.717) is 34.0 Å². The molecule has 3 aromatic rings. The van der Waals surface area contributed by atoms with E-state index in [0.717, 1.165) is 0 Å². The van der Waals surface area contributed by atoms with E-state index in [4.69, 9.17) is 0 Å². The lowest BCUT2D eigenvalue weighted by Crippen LogP contribution is -2.37. The second-order valence-corrected chi connectivity index (χ2v) is 6.66. The van der Waals surface area contributed by atoms with Crippen molar-refractivity contribution in [3.63, 3.8) is 0 Å². The zero-order valence-corrected chi connectivity index (χ0v) is 15.5. The summed E-state index contributed by atoms with van der Waals surface area (Å²) in [6, 6.07) is 20.0. The van der Waals surface area contributed by atoms with Crippen molar-refractivity contribution in [1.29, 1.82) is 0 Å². The van der Waals surface area contributed by atoms with Crippen LogP contribution in [0.3, 0.4) is 0 Å². The van der Waals surface area contributed by atoms with Crippen molar-refractivity contribution < 1.29 is 14.0 Å². The molecule has 144 valence electrons. The smallest absolute Gasteiger partial charge is 0.266 e. The van der Waals surface area contributed by atoms with Crippen molar-refractivity contribution in [2.75, 3.05) is 15.5 Å². The highest BCUT2D eigenvalue weighted by Crippen LogP contribution is 2.31. The minimum Gasteiger partial charge on any atom is -0.341 e. The molecule has 0 saturated carbocycles. The second kappa shape index (κ2) is 7.59. The molecule has 0 fully saturated rings. The van der Waals surface area contributed by atoms with Gasteiger partial charge in [-0.3, -0.25) is 14.5 Å². The first-order valence-corrected chi connectivity index (χ1v) is 9.05. The standard InChI is InChI=1S/C23H18FN3O2/c1-15-25-21-8-3-2-7-20(21)23(29)27(15)19-6-4-5-18(14-19)26-22(28)13-16-9-11-17(24)12-10-16/h2-12,14,25H,1,13H2,(H,26,28). The van der Waals surface area contributed by atoms with Gasteiger partial charge in [0.15, 0.2) is 0 Å². The third-order valence-corrected chi connectivity index (χ3v) is 4.58. The number of hydrogen-bond acceptors (Lipinski definition) is 3. The number of nitrogens with one attached hydrogen (secondary N) is 2. The zero-order valence-electron chi connectivity index (χ0n) is 15.5. The Morgan fingerprint density at radius 3 is 2.59 bits per heavy atom. The maximum absolute atomic E-state index is 13.0. The van der Waals surface area contributed by atoms with E-state index in [-0.39, 0.29) is 24.1 Å². The summed E-state index contributed by atoms with van der Waals surface area (Å²) in [5.41, 5.74) is 3.10. The average molecular weight is 387 g/mol. The highest BCUT2D eigenvalue weighted by Gasteiger charge is 2.28. The summed E-state index contributed by atoms with van der Waals surface area (Å²) in [6.07, 6.45) is 0.120. The van der Waals surface area contributed by atoms with Gasteiger partial charge in [0.2, 0.25) is 5.91 Å². The summed E-state index contributed by atoms with van der Waals surface area (Å²) in [5.74, 6) is -0.341. The van der Waals surface area contributed by atoms with Crippen LogP contribution in [-0.2, 0) is 11.2 Å². The molecule has 5 nitrogen and oxygen atoms in total. The van der Waals surface area contributed by atoms with Gasteiger partial charge in [-0.2, -0.15) is 0 Å². The average Bonchev–Trinajstić information content (AvgIpc) is 2.70. The van der Waals surface area contributed by atoms with Crippen molar-refractivity contribution in [2.45, 2.75) is 6.42 Å². The number of benzene rings is 3. The molecule has 2 amide bonds.